The molecule has 2 N–H and O–H groups in total. The first kappa shape index (κ1) is 13.3. The van der Waals surface area contributed by atoms with Crippen molar-refractivity contribution in [2.24, 2.45) is 5.29 Å². The zero-order valence-corrected chi connectivity index (χ0v) is 9.40. The molecule has 0 fully saturated rings. The van der Waals surface area contributed by atoms with E-state index in [1.165, 1.54) is 5.01 Å². The van der Waals surface area contributed by atoms with Crippen molar-refractivity contribution < 1.29 is 5.11 Å². The first-order valence-corrected chi connectivity index (χ1v) is 4.98. The molecule has 5 heteroatoms. The Bertz CT molecular complexity index is 162. The number of nitrogens with one attached hydrogen (secondary N) is 1. The molecule has 5 nitrogen and oxygen atoms in total. The molecule has 0 amide bonds. The third-order valence-corrected chi connectivity index (χ3v) is 1.86. The van der Waals surface area contributed by atoms with Gasteiger partial charge < -0.3 is 10.4 Å². The molecule has 0 spiro atoms. The van der Waals surface area contributed by atoms with E-state index < -0.39 is 6.10 Å². The molecule has 0 radical (unpaired) electrons. The van der Waals surface area contributed by atoms with Gasteiger partial charge in [-0.15, -0.1) is 4.91 Å². The molecule has 0 saturated heterocycles. The Balaban J connectivity index is 3.78. The van der Waals surface area contributed by atoms with E-state index in [0.717, 1.165) is 0 Å². The lowest BCUT2D eigenvalue weighted by Gasteiger charge is -2.23. The molecule has 0 rings (SSSR count). The largest absolute Gasteiger partial charge is 0.390 e. The van der Waals surface area contributed by atoms with Crippen LogP contribution < -0.4 is 5.32 Å². The number of aliphatic hydroxyl groups is 1. The molecule has 1 unspecified atom stereocenters. The van der Waals surface area contributed by atoms with Gasteiger partial charge in [-0.1, -0.05) is 13.8 Å². The zero-order valence-electron chi connectivity index (χ0n) is 9.40. The van der Waals surface area contributed by atoms with Crippen LogP contribution in [0.15, 0.2) is 5.29 Å². The smallest absolute Gasteiger partial charge is 0.0857 e. The molecule has 0 aromatic rings. The Kier molecular flexibility index (Phi) is 6.40. The van der Waals surface area contributed by atoms with Crippen LogP contribution in [-0.4, -0.2) is 41.4 Å². The minimum absolute atomic E-state index is 0.0289. The Hall–Kier alpha value is -0.680. The van der Waals surface area contributed by atoms with Crippen molar-refractivity contribution in [3.05, 3.63) is 4.91 Å². The predicted molar refractivity (Wildman–Crippen MR) is 56.8 cm³/mol. The lowest BCUT2D eigenvalue weighted by Crippen LogP contribution is -2.40. The van der Waals surface area contributed by atoms with Gasteiger partial charge in [-0.3, -0.25) is 5.01 Å². The quantitative estimate of drug-likeness (QED) is 0.473. The third kappa shape index (κ3) is 5.88. The monoisotopic (exact) mass is 203 g/mol. The van der Waals surface area contributed by atoms with Gasteiger partial charge in [0.25, 0.3) is 0 Å². The van der Waals surface area contributed by atoms with Crippen molar-refractivity contribution in [2.75, 3.05) is 13.1 Å². The maximum absolute atomic E-state index is 10.4. The summed E-state index contributed by atoms with van der Waals surface area (Å²) in [6.45, 7) is 8.50. The molecular formula is C9H21N3O2. The number of aliphatic hydroxyl groups excluding tert-OH is 1. The van der Waals surface area contributed by atoms with E-state index in [-0.39, 0.29) is 12.6 Å². The van der Waals surface area contributed by atoms with Crippen molar-refractivity contribution in [1.29, 1.82) is 0 Å². The minimum atomic E-state index is -0.558. The molecule has 0 saturated carbocycles. The summed E-state index contributed by atoms with van der Waals surface area (Å²) in [5.41, 5.74) is 0. The summed E-state index contributed by atoms with van der Waals surface area (Å²) in [6, 6.07) is 0.363. The summed E-state index contributed by atoms with van der Waals surface area (Å²) in [6.07, 6.45) is -0.558. The zero-order chi connectivity index (χ0) is 11.1. The number of nitroso groups, excluding NO2 is 1. The standard InChI is InChI=1S/C9H21N3O2/c1-7(2)10-5-9(13)6-12(11-14)8(3)4/h7-10,13H,5-6H2,1-4H3. The Morgan fingerprint density at radius 3 is 2.29 bits per heavy atom. The van der Waals surface area contributed by atoms with E-state index in [1.54, 1.807) is 0 Å². The average molecular weight is 203 g/mol. The summed E-state index contributed by atoms with van der Waals surface area (Å²) in [5.74, 6) is 0. The highest BCUT2D eigenvalue weighted by atomic mass is 16.3. The van der Waals surface area contributed by atoms with Crippen LogP contribution in [-0.2, 0) is 0 Å². The van der Waals surface area contributed by atoms with E-state index >= 15 is 0 Å². The minimum Gasteiger partial charge on any atom is -0.390 e. The molecular weight excluding hydrogens is 182 g/mol. The van der Waals surface area contributed by atoms with E-state index in [4.69, 9.17) is 0 Å². The number of hydrogen-bond donors (Lipinski definition) is 2. The number of rotatable bonds is 7. The van der Waals surface area contributed by atoms with E-state index in [1.807, 2.05) is 27.7 Å². The van der Waals surface area contributed by atoms with Crippen molar-refractivity contribution in [3.8, 4) is 0 Å². The van der Waals surface area contributed by atoms with Crippen LogP contribution in [0.5, 0.6) is 0 Å². The van der Waals surface area contributed by atoms with E-state index in [9.17, 15) is 10.0 Å². The van der Waals surface area contributed by atoms with Crippen LogP contribution >= 0.6 is 0 Å². The molecule has 14 heavy (non-hydrogen) atoms. The van der Waals surface area contributed by atoms with Gasteiger partial charge in [0.1, 0.15) is 0 Å². The summed E-state index contributed by atoms with van der Waals surface area (Å²) in [7, 11) is 0. The van der Waals surface area contributed by atoms with Crippen LogP contribution in [0.4, 0.5) is 0 Å². The normalized spacial score (nSPS) is 13.4. The second-order valence-corrected chi connectivity index (χ2v) is 4.01. The average Bonchev–Trinajstić information content (AvgIpc) is 2.10. The second-order valence-electron chi connectivity index (χ2n) is 4.01. The number of nitrogens with zero attached hydrogens (tertiary/aromatic N) is 2. The van der Waals surface area contributed by atoms with E-state index in [0.29, 0.717) is 12.6 Å². The fourth-order valence-corrected chi connectivity index (χ4v) is 0.991. The van der Waals surface area contributed by atoms with Gasteiger partial charge in [0, 0.05) is 18.6 Å². The summed E-state index contributed by atoms with van der Waals surface area (Å²) in [4.78, 5) is 10.4. The maximum Gasteiger partial charge on any atom is 0.0857 e. The first-order chi connectivity index (χ1) is 6.47. The van der Waals surface area contributed by atoms with Gasteiger partial charge in [0.15, 0.2) is 0 Å². The molecule has 0 bridgehead atoms. The Morgan fingerprint density at radius 1 is 1.36 bits per heavy atom. The lowest BCUT2D eigenvalue weighted by molar-refractivity contribution is 0.0941. The van der Waals surface area contributed by atoms with Crippen LogP contribution in [0.25, 0.3) is 0 Å². The summed E-state index contributed by atoms with van der Waals surface area (Å²) in [5, 5.41) is 16.8. The van der Waals surface area contributed by atoms with Crippen LogP contribution in [0.1, 0.15) is 27.7 Å². The molecule has 0 aliphatic heterocycles. The fraction of sp³-hybridized carbons (Fsp3) is 1.00. The van der Waals surface area contributed by atoms with Crippen LogP contribution in [0, 0.1) is 4.91 Å². The van der Waals surface area contributed by atoms with Crippen LogP contribution in [0.3, 0.4) is 0 Å². The molecule has 0 aromatic carbocycles. The molecule has 0 aliphatic carbocycles. The molecule has 84 valence electrons. The Labute approximate surface area is 85.4 Å². The highest BCUT2D eigenvalue weighted by Crippen LogP contribution is 2.00. The first-order valence-electron chi connectivity index (χ1n) is 4.98. The third-order valence-electron chi connectivity index (χ3n) is 1.86. The van der Waals surface area contributed by atoms with Gasteiger partial charge in [-0.25, -0.2) is 0 Å². The van der Waals surface area contributed by atoms with Gasteiger partial charge in [-0.05, 0) is 13.8 Å². The lowest BCUT2D eigenvalue weighted by atomic mass is 10.3. The molecule has 0 aromatic heterocycles. The summed E-state index contributed by atoms with van der Waals surface area (Å²) >= 11 is 0. The Morgan fingerprint density at radius 2 is 1.93 bits per heavy atom. The molecule has 0 heterocycles. The van der Waals surface area contributed by atoms with E-state index in [2.05, 4.69) is 10.6 Å². The topological polar surface area (TPSA) is 64.9 Å². The SMILES string of the molecule is CC(C)NCC(O)CN(N=O)C(C)C. The van der Waals surface area contributed by atoms with Gasteiger partial charge in [0.05, 0.1) is 17.9 Å². The second kappa shape index (κ2) is 6.73. The number of hydrogen-bond acceptors (Lipinski definition) is 4. The molecule has 1 atom stereocenters. The van der Waals surface area contributed by atoms with Crippen molar-refractivity contribution in [1.82, 2.24) is 10.3 Å². The van der Waals surface area contributed by atoms with Crippen LogP contribution in [0.2, 0.25) is 0 Å². The van der Waals surface area contributed by atoms with Crippen molar-refractivity contribution in [3.63, 3.8) is 0 Å². The summed E-state index contributed by atoms with van der Waals surface area (Å²) < 4.78 is 0. The highest BCUT2D eigenvalue weighted by molar-refractivity contribution is 4.67. The van der Waals surface area contributed by atoms with Crippen molar-refractivity contribution in [2.45, 2.75) is 45.9 Å². The van der Waals surface area contributed by atoms with Gasteiger partial charge in [-0.2, -0.15) is 0 Å². The fourth-order valence-electron chi connectivity index (χ4n) is 0.991. The predicted octanol–water partition coefficient (Wildman–Crippen LogP) is 0.737. The molecule has 0 aliphatic rings. The van der Waals surface area contributed by atoms with Gasteiger partial charge in [0.2, 0.25) is 0 Å². The highest BCUT2D eigenvalue weighted by Gasteiger charge is 2.13. The maximum atomic E-state index is 10.4. The van der Waals surface area contributed by atoms with Gasteiger partial charge >= 0.3 is 0 Å². The van der Waals surface area contributed by atoms with Crippen molar-refractivity contribution >= 4 is 0 Å².